The van der Waals surface area contributed by atoms with Crippen molar-refractivity contribution >= 4 is 38.9 Å². The third kappa shape index (κ3) is 6.03. The highest BCUT2D eigenvalue weighted by Gasteiger charge is 2.19. The van der Waals surface area contributed by atoms with Crippen LogP contribution in [0, 0.1) is 5.82 Å². The van der Waals surface area contributed by atoms with Crippen LogP contribution in [-0.4, -0.2) is 32.0 Å². The summed E-state index contributed by atoms with van der Waals surface area (Å²) in [5.41, 5.74) is 0.390. The van der Waals surface area contributed by atoms with Gasteiger partial charge in [-0.15, -0.1) is 11.3 Å². The van der Waals surface area contributed by atoms with Crippen LogP contribution in [0.4, 0.5) is 10.1 Å². The monoisotopic (exact) mass is 464 g/mol. The molecule has 8 nitrogen and oxygen atoms in total. The second kappa shape index (κ2) is 9.58. The molecule has 1 heterocycles. The lowest BCUT2D eigenvalue weighted by atomic mass is 10.2. The third-order valence-electron chi connectivity index (χ3n) is 3.97. The molecule has 0 radical (unpaired) electrons. The Morgan fingerprint density at radius 2 is 1.84 bits per heavy atom. The summed E-state index contributed by atoms with van der Waals surface area (Å²) in [5.74, 6) is -2.45. The molecule has 0 aliphatic carbocycles. The minimum absolute atomic E-state index is 0.0407. The molecule has 0 aliphatic heterocycles. The lowest BCUT2D eigenvalue weighted by molar-refractivity contribution is -0.124. The molecular weight excluding hydrogens is 447 g/mol. The number of aromatic hydroxyl groups is 1. The summed E-state index contributed by atoms with van der Waals surface area (Å²) in [7, 11) is -3.84. The van der Waals surface area contributed by atoms with Crippen LogP contribution < -0.4 is 10.0 Å². The Balaban J connectivity index is 1.59. The number of nitrogens with one attached hydrogen (secondary N) is 2. The Hall–Kier alpha value is -3.44. The van der Waals surface area contributed by atoms with Gasteiger partial charge in [0.25, 0.3) is 15.9 Å². The summed E-state index contributed by atoms with van der Waals surface area (Å²) >= 11 is 1.02. The molecular formula is C20H17FN2O6S2. The summed E-state index contributed by atoms with van der Waals surface area (Å²) in [6.45, 7) is -0.507. The van der Waals surface area contributed by atoms with E-state index in [-0.39, 0.29) is 22.0 Å². The van der Waals surface area contributed by atoms with Gasteiger partial charge in [0.2, 0.25) is 0 Å². The Labute approximate surface area is 181 Å². The van der Waals surface area contributed by atoms with Crippen LogP contribution in [0.25, 0.3) is 0 Å². The van der Waals surface area contributed by atoms with Crippen LogP contribution in [0.2, 0.25) is 0 Å². The van der Waals surface area contributed by atoms with Gasteiger partial charge in [-0.3, -0.25) is 9.52 Å². The van der Waals surface area contributed by atoms with Crippen molar-refractivity contribution in [3.05, 3.63) is 76.9 Å². The number of esters is 1. The van der Waals surface area contributed by atoms with Crippen molar-refractivity contribution in [3.8, 4) is 5.75 Å². The maximum Gasteiger partial charge on any atom is 0.342 e. The quantitative estimate of drug-likeness (QED) is 0.348. The van der Waals surface area contributed by atoms with Gasteiger partial charge < -0.3 is 15.2 Å². The number of sulfonamides is 1. The average Bonchev–Trinajstić information content (AvgIpc) is 3.29. The average molecular weight is 464 g/mol. The van der Waals surface area contributed by atoms with Gasteiger partial charge in [-0.1, -0.05) is 18.2 Å². The van der Waals surface area contributed by atoms with Crippen molar-refractivity contribution in [1.29, 1.82) is 0 Å². The minimum atomic E-state index is -3.84. The Kier molecular flexibility index (Phi) is 6.88. The maximum atomic E-state index is 12.9. The van der Waals surface area contributed by atoms with Crippen molar-refractivity contribution in [3.63, 3.8) is 0 Å². The Morgan fingerprint density at radius 3 is 2.52 bits per heavy atom. The highest BCUT2D eigenvalue weighted by molar-refractivity contribution is 7.94. The van der Waals surface area contributed by atoms with E-state index in [1.807, 2.05) is 0 Å². The third-order valence-corrected chi connectivity index (χ3v) is 6.74. The van der Waals surface area contributed by atoms with Gasteiger partial charge in [0.1, 0.15) is 21.3 Å². The standard InChI is InChI=1S/C20H17FN2O6S2/c21-14-5-3-13(4-6-14)11-22-18(25)12-29-20(26)16-10-15(7-8-17(16)24)23-31(27,28)19-2-1-9-30-19/h1-10,23-24H,11-12H2,(H,22,25). The molecule has 0 saturated heterocycles. The summed E-state index contributed by atoms with van der Waals surface area (Å²) < 4.78 is 44.8. The van der Waals surface area contributed by atoms with Crippen molar-refractivity contribution in [2.45, 2.75) is 10.8 Å². The number of anilines is 1. The molecule has 11 heteroatoms. The molecule has 0 aliphatic rings. The molecule has 0 saturated carbocycles. The van der Waals surface area contributed by atoms with E-state index < -0.39 is 40.1 Å². The Bertz CT molecular complexity index is 1180. The van der Waals surface area contributed by atoms with E-state index in [1.54, 1.807) is 11.4 Å². The molecule has 162 valence electrons. The van der Waals surface area contributed by atoms with E-state index in [4.69, 9.17) is 4.74 Å². The number of hydrogen-bond donors (Lipinski definition) is 3. The predicted octanol–water partition coefficient (Wildman–Crippen LogP) is 2.87. The van der Waals surface area contributed by atoms with E-state index in [9.17, 15) is 27.5 Å². The molecule has 3 rings (SSSR count). The van der Waals surface area contributed by atoms with Gasteiger partial charge in [-0.25, -0.2) is 17.6 Å². The molecule has 0 atom stereocenters. The van der Waals surface area contributed by atoms with Crippen LogP contribution in [-0.2, 0) is 26.1 Å². The highest BCUT2D eigenvalue weighted by atomic mass is 32.2. The fraction of sp³-hybridized carbons (Fsp3) is 0.100. The predicted molar refractivity (Wildman–Crippen MR) is 112 cm³/mol. The van der Waals surface area contributed by atoms with Crippen molar-refractivity contribution in [2.75, 3.05) is 11.3 Å². The molecule has 1 aromatic heterocycles. The van der Waals surface area contributed by atoms with Gasteiger partial charge in [0.15, 0.2) is 6.61 Å². The molecule has 0 spiro atoms. The van der Waals surface area contributed by atoms with Crippen molar-refractivity contribution < 1.29 is 32.2 Å². The number of carbonyl (C=O) groups is 2. The molecule has 0 unspecified atom stereocenters. The van der Waals surface area contributed by atoms with E-state index in [1.165, 1.54) is 36.4 Å². The molecule has 0 fully saturated rings. The number of halogens is 1. The number of carbonyl (C=O) groups excluding carboxylic acids is 2. The number of ether oxygens (including phenoxy) is 1. The van der Waals surface area contributed by atoms with Crippen molar-refractivity contribution in [1.82, 2.24) is 5.32 Å². The van der Waals surface area contributed by atoms with Crippen LogP contribution in [0.15, 0.2) is 64.2 Å². The summed E-state index contributed by atoms with van der Waals surface area (Å²) in [5, 5.41) is 14.0. The normalized spacial score (nSPS) is 11.0. The second-order valence-corrected chi connectivity index (χ2v) is 9.11. The fourth-order valence-electron chi connectivity index (χ4n) is 2.45. The molecule has 3 N–H and O–H groups in total. The van der Waals surface area contributed by atoms with E-state index >= 15 is 0 Å². The van der Waals surface area contributed by atoms with Gasteiger partial charge in [0, 0.05) is 12.2 Å². The number of phenolic OH excluding ortho intramolecular Hbond substituents is 1. The highest BCUT2D eigenvalue weighted by Crippen LogP contribution is 2.25. The van der Waals surface area contributed by atoms with Crippen LogP contribution in [0.5, 0.6) is 5.75 Å². The first-order valence-corrected chi connectivity index (χ1v) is 11.2. The zero-order chi connectivity index (χ0) is 22.4. The molecule has 0 bridgehead atoms. The Morgan fingerprint density at radius 1 is 1.10 bits per heavy atom. The summed E-state index contributed by atoms with van der Waals surface area (Å²) in [4.78, 5) is 24.1. The topological polar surface area (TPSA) is 122 Å². The lowest BCUT2D eigenvalue weighted by Gasteiger charge is -2.10. The number of benzene rings is 2. The van der Waals surface area contributed by atoms with Crippen LogP contribution in [0.3, 0.4) is 0 Å². The number of phenols is 1. The fourth-order valence-corrected chi connectivity index (χ4v) is 4.49. The zero-order valence-electron chi connectivity index (χ0n) is 15.9. The molecule has 1 amide bonds. The molecule has 31 heavy (non-hydrogen) atoms. The lowest BCUT2D eigenvalue weighted by Crippen LogP contribution is -2.28. The first-order valence-electron chi connectivity index (χ1n) is 8.82. The van der Waals surface area contributed by atoms with Gasteiger partial charge >= 0.3 is 5.97 Å². The number of rotatable bonds is 8. The van der Waals surface area contributed by atoms with Gasteiger partial charge in [0.05, 0.1) is 0 Å². The maximum absolute atomic E-state index is 12.9. The van der Waals surface area contributed by atoms with Crippen LogP contribution >= 0.6 is 11.3 Å². The summed E-state index contributed by atoms with van der Waals surface area (Å²) in [6, 6.07) is 12.1. The van der Waals surface area contributed by atoms with Gasteiger partial charge in [-0.2, -0.15) is 0 Å². The van der Waals surface area contributed by atoms with Gasteiger partial charge in [-0.05, 0) is 47.3 Å². The molecule has 2 aromatic carbocycles. The minimum Gasteiger partial charge on any atom is -0.507 e. The number of thiophene rings is 1. The smallest absolute Gasteiger partial charge is 0.342 e. The SMILES string of the molecule is O=C(COC(=O)c1cc(NS(=O)(=O)c2cccs2)ccc1O)NCc1ccc(F)cc1. The number of amides is 1. The number of hydrogen-bond acceptors (Lipinski definition) is 7. The van der Waals surface area contributed by atoms with E-state index in [0.29, 0.717) is 5.56 Å². The molecule has 3 aromatic rings. The first kappa shape index (κ1) is 22.2. The largest absolute Gasteiger partial charge is 0.507 e. The van der Waals surface area contributed by atoms with E-state index in [0.717, 1.165) is 23.5 Å². The zero-order valence-corrected chi connectivity index (χ0v) is 17.5. The summed E-state index contributed by atoms with van der Waals surface area (Å²) in [6.07, 6.45) is 0. The van der Waals surface area contributed by atoms with Crippen molar-refractivity contribution in [2.24, 2.45) is 0 Å². The van der Waals surface area contributed by atoms with Crippen LogP contribution in [0.1, 0.15) is 15.9 Å². The second-order valence-electron chi connectivity index (χ2n) is 6.25. The first-order chi connectivity index (χ1) is 14.7. The van der Waals surface area contributed by atoms with E-state index in [2.05, 4.69) is 10.0 Å².